The van der Waals surface area contributed by atoms with Crippen LogP contribution >= 0.6 is 0 Å². The highest BCUT2D eigenvalue weighted by Gasteiger charge is 2.62. The Kier molecular flexibility index (Phi) is 3.71. The zero-order valence-corrected chi connectivity index (χ0v) is 11.5. The van der Waals surface area contributed by atoms with E-state index in [1.807, 2.05) is 0 Å². The summed E-state index contributed by atoms with van der Waals surface area (Å²) in [5, 5.41) is 13.4. The predicted octanol–water partition coefficient (Wildman–Crippen LogP) is 2.79. The highest BCUT2D eigenvalue weighted by atomic mass is 19.4. The molecular weight excluding hydrogens is 289 g/mol. The molecule has 21 heavy (non-hydrogen) atoms. The summed E-state index contributed by atoms with van der Waals surface area (Å²) in [7, 11) is 0. The average Bonchev–Trinajstić information content (AvgIpc) is 2.66. The number of nitro benzene ring substituents is 1. The van der Waals surface area contributed by atoms with Gasteiger partial charge in [-0.3, -0.25) is 15.4 Å². The fourth-order valence-corrected chi connectivity index (χ4v) is 2.38. The van der Waals surface area contributed by atoms with Crippen LogP contribution in [0.25, 0.3) is 0 Å². The van der Waals surface area contributed by atoms with Gasteiger partial charge < -0.3 is 4.74 Å². The Hall–Kier alpha value is -1.67. The Labute approximate surface area is 119 Å². The monoisotopic (exact) mass is 304 g/mol. The first-order valence-electron chi connectivity index (χ1n) is 6.29. The van der Waals surface area contributed by atoms with E-state index in [0.29, 0.717) is 0 Å². The number of nitro groups is 1. The molecule has 0 spiro atoms. The van der Waals surface area contributed by atoms with Crippen molar-refractivity contribution in [3.63, 3.8) is 0 Å². The number of hydrogen-bond donors (Lipinski definition) is 1. The number of hydrogen-bond acceptors (Lipinski definition) is 4. The van der Waals surface area contributed by atoms with Crippen LogP contribution < -0.4 is 5.32 Å². The number of benzene rings is 1. The minimum Gasteiger partial charge on any atom is -0.350 e. The fourth-order valence-electron chi connectivity index (χ4n) is 2.38. The molecule has 5 nitrogen and oxygen atoms in total. The summed E-state index contributed by atoms with van der Waals surface area (Å²) in [4.78, 5) is 10.2. The molecule has 1 atom stereocenters. The maximum absolute atomic E-state index is 13.4. The molecule has 8 heteroatoms. The third-order valence-electron chi connectivity index (χ3n) is 3.31. The first kappa shape index (κ1) is 15.7. The van der Waals surface area contributed by atoms with Crippen molar-refractivity contribution in [3.05, 3.63) is 39.9 Å². The van der Waals surface area contributed by atoms with Gasteiger partial charge in [-0.05, 0) is 13.8 Å². The van der Waals surface area contributed by atoms with Crippen molar-refractivity contribution < 1.29 is 22.8 Å². The number of rotatable bonds is 3. The highest BCUT2D eigenvalue weighted by molar-refractivity contribution is 5.41. The molecule has 1 unspecified atom stereocenters. The van der Waals surface area contributed by atoms with Crippen LogP contribution in [0.15, 0.2) is 24.3 Å². The van der Waals surface area contributed by atoms with Crippen molar-refractivity contribution in [3.8, 4) is 0 Å². The van der Waals surface area contributed by atoms with E-state index in [9.17, 15) is 23.3 Å². The third kappa shape index (κ3) is 3.01. The van der Waals surface area contributed by atoms with Gasteiger partial charge >= 0.3 is 6.18 Å². The topological polar surface area (TPSA) is 64.4 Å². The molecule has 0 amide bonds. The summed E-state index contributed by atoms with van der Waals surface area (Å²) >= 11 is 0. The number of ether oxygens (including phenoxy) is 1. The molecule has 1 saturated heterocycles. The van der Waals surface area contributed by atoms with Gasteiger partial charge in [0.1, 0.15) is 0 Å². The predicted molar refractivity (Wildman–Crippen MR) is 68.8 cm³/mol. The van der Waals surface area contributed by atoms with Crippen LogP contribution in [0.4, 0.5) is 18.9 Å². The van der Waals surface area contributed by atoms with E-state index in [2.05, 4.69) is 5.32 Å². The van der Waals surface area contributed by atoms with Crippen molar-refractivity contribution in [1.82, 2.24) is 5.32 Å². The van der Waals surface area contributed by atoms with Crippen molar-refractivity contribution in [2.75, 3.05) is 6.61 Å². The second-order valence-electron chi connectivity index (χ2n) is 5.68. The normalized spacial score (nSPS) is 25.0. The Morgan fingerprint density at radius 1 is 1.38 bits per heavy atom. The molecule has 1 fully saturated rings. The SMILES string of the molecule is CC1(C)COC(Cc2ccccc2[N+](=O)[O-])(C(F)(F)F)N1. The lowest BCUT2D eigenvalue weighted by molar-refractivity contribution is -0.386. The van der Waals surface area contributed by atoms with Gasteiger partial charge in [0.25, 0.3) is 5.69 Å². The lowest BCUT2D eigenvalue weighted by Crippen LogP contribution is -2.59. The van der Waals surface area contributed by atoms with Crippen LogP contribution in [-0.4, -0.2) is 29.0 Å². The van der Waals surface area contributed by atoms with E-state index >= 15 is 0 Å². The van der Waals surface area contributed by atoms with Crippen molar-refractivity contribution in [1.29, 1.82) is 0 Å². The van der Waals surface area contributed by atoms with Gasteiger partial charge in [0.05, 0.1) is 11.5 Å². The lowest BCUT2D eigenvalue weighted by atomic mass is 9.98. The number of alkyl halides is 3. The van der Waals surface area contributed by atoms with Gasteiger partial charge in [-0.2, -0.15) is 13.2 Å². The second-order valence-corrected chi connectivity index (χ2v) is 5.68. The molecule has 0 saturated carbocycles. The van der Waals surface area contributed by atoms with Gasteiger partial charge in [0.15, 0.2) is 0 Å². The molecule has 1 aliphatic heterocycles. The molecular formula is C13H15F3N2O3. The largest absolute Gasteiger partial charge is 0.431 e. The molecule has 0 bridgehead atoms. The van der Waals surface area contributed by atoms with Gasteiger partial charge in [-0.15, -0.1) is 0 Å². The number of halogens is 3. The van der Waals surface area contributed by atoms with E-state index in [0.717, 1.165) is 0 Å². The molecule has 116 valence electrons. The molecule has 2 rings (SSSR count). The van der Waals surface area contributed by atoms with Crippen LogP contribution in [0.1, 0.15) is 19.4 Å². The molecule has 0 radical (unpaired) electrons. The lowest BCUT2D eigenvalue weighted by Gasteiger charge is -2.32. The molecule has 1 N–H and O–H groups in total. The summed E-state index contributed by atoms with van der Waals surface area (Å²) < 4.78 is 45.3. The van der Waals surface area contributed by atoms with Crippen molar-refractivity contribution >= 4 is 5.69 Å². The average molecular weight is 304 g/mol. The summed E-state index contributed by atoms with van der Waals surface area (Å²) in [6.07, 6.45) is -5.35. The van der Waals surface area contributed by atoms with Crippen LogP contribution in [0.3, 0.4) is 0 Å². The van der Waals surface area contributed by atoms with Gasteiger partial charge in [0.2, 0.25) is 5.72 Å². The zero-order chi connectivity index (χ0) is 15.9. The highest BCUT2D eigenvalue weighted by Crippen LogP contribution is 2.41. The number of nitrogens with zero attached hydrogens (tertiary/aromatic N) is 1. The molecule has 1 heterocycles. The Bertz CT molecular complexity index is 560. The van der Waals surface area contributed by atoms with Gasteiger partial charge in [-0.25, -0.2) is 0 Å². The van der Waals surface area contributed by atoms with E-state index in [-0.39, 0.29) is 17.9 Å². The Morgan fingerprint density at radius 2 is 2.00 bits per heavy atom. The maximum Gasteiger partial charge on any atom is 0.431 e. The molecule has 1 aromatic rings. The van der Waals surface area contributed by atoms with E-state index in [1.54, 1.807) is 13.8 Å². The Balaban J connectivity index is 2.41. The molecule has 1 aliphatic rings. The summed E-state index contributed by atoms with van der Waals surface area (Å²) in [6, 6.07) is 5.36. The zero-order valence-electron chi connectivity index (χ0n) is 11.5. The number of nitrogens with one attached hydrogen (secondary N) is 1. The molecule has 1 aromatic carbocycles. The molecule has 0 aromatic heterocycles. The van der Waals surface area contributed by atoms with Crippen LogP contribution in [0, 0.1) is 10.1 Å². The van der Waals surface area contributed by atoms with Gasteiger partial charge in [-0.1, -0.05) is 18.2 Å². The van der Waals surface area contributed by atoms with Crippen LogP contribution in [0.2, 0.25) is 0 Å². The summed E-state index contributed by atoms with van der Waals surface area (Å²) in [5.41, 5.74) is -3.84. The van der Waals surface area contributed by atoms with Crippen LogP contribution in [-0.2, 0) is 11.2 Å². The Morgan fingerprint density at radius 3 is 2.48 bits per heavy atom. The quantitative estimate of drug-likeness (QED) is 0.689. The summed E-state index contributed by atoms with van der Waals surface area (Å²) in [5.74, 6) is 0. The smallest absolute Gasteiger partial charge is 0.350 e. The fraction of sp³-hybridized carbons (Fsp3) is 0.538. The van der Waals surface area contributed by atoms with Gasteiger partial charge in [0, 0.05) is 23.6 Å². The minimum atomic E-state index is -4.69. The summed E-state index contributed by atoms with van der Waals surface area (Å²) in [6.45, 7) is 3.03. The van der Waals surface area contributed by atoms with Crippen LogP contribution in [0.5, 0.6) is 0 Å². The van der Waals surface area contributed by atoms with E-state index < -0.39 is 28.8 Å². The number of para-hydroxylation sites is 1. The van der Waals surface area contributed by atoms with E-state index in [4.69, 9.17) is 4.74 Å². The third-order valence-corrected chi connectivity index (χ3v) is 3.31. The minimum absolute atomic E-state index is 0.0231. The van der Waals surface area contributed by atoms with Crippen molar-refractivity contribution in [2.24, 2.45) is 0 Å². The maximum atomic E-state index is 13.4. The second kappa shape index (κ2) is 4.96. The standard InChI is InChI=1S/C13H15F3N2O3/c1-11(2)8-21-12(17-11,13(14,15)16)7-9-5-3-4-6-10(9)18(19)20/h3-6,17H,7-8H2,1-2H3. The van der Waals surface area contributed by atoms with E-state index in [1.165, 1.54) is 24.3 Å². The first-order valence-corrected chi connectivity index (χ1v) is 6.29. The molecule has 0 aliphatic carbocycles. The van der Waals surface area contributed by atoms with Crippen molar-refractivity contribution in [2.45, 2.75) is 37.7 Å². The first-order chi connectivity index (χ1) is 9.56.